The molecule has 0 unspecified atom stereocenters. The lowest BCUT2D eigenvalue weighted by atomic mass is 9.76. The van der Waals surface area contributed by atoms with Gasteiger partial charge in [0.05, 0.1) is 7.11 Å². The minimum absolute atomic E-state index is 0. The zero-order valence-electron chi connectivity index (χ0n) is 14.9. The largest absolute Gasteiger partial charge is 0.496 e. The summed E-state index contributed by atoms with van der Waals surface area (Å²) < 4.78 is 5.68. The third-order valence-corrected chi connectivity index (χ3v) is 4.83. The van der Waals surface area contributed by atoms with E-state index in [-0.39, 0.29) is 12.4 Å². The average Bonchev–Trinajstić information content (AvgIpc) is 2.54. The molecule has 0 spiro atoms. The molecule has 0 radical (unpaired) electrons. The minimum atomic E-state index is 0. The molecule has 0 heterocycles. The fraction of sp³-hybridized carbons (Fsp3) is 0.600. The monoisotopic (exact) mass is 337 g/mol. The van der Waals surface area contributed by atoms with Gasteiger partial charge in [-0.05, 0) is 56.8 Å². The highest BCUT2D eigenvalue weighted by Crippen LogP contribution is 2.42. The highest BCUT2D eigenvalue weighted by Gasteiger charge is 2.34. The van der Waals surface area contributed by atoms with Crippen molar-refractivity contribution in [2.24, 2.45) is 0 Å². The molecule has 1 aromatic carbocycles. The number of aryl methyl sites for hydroxylation is 1. The van der Waals surface area contributed by atoms with Gasteiger partial charge in [-0.3, -0.25) is 4.90 Å². The summed E-state index contributed by atoms with van der Waals surface area (Å²) in [6.07, 6.45) is 7.96. The van der Waals surface area contributed by atoms with Crippen LogP contribution in [0.25, 0.3) is 0 Å². The van der Waals surface area contributed by atoms with Gasteiger partial charge >= 0.3 is 0 Å². The third kappa shape index (κ3) is 4.51. The Morgan fingerprint density at radius 1 is 1.26 bits per heavy atom. The van der Waals surface area contributed by atoms with Gasteiger partial charge in [0, 0.05) is 17.5 Å². The van der Waals surface area contributed by atoms with Crippen molar-refractivity contribution in [2.45, 2.75) is 57.9 Å². The van der Waals surface area contributed by atoms with E-state index >= 15 is 0 Å². The molecule has 0 amide bonds. The molecule has 0 saturated carbocycles. The van der Waals surface area contributed by atoms with Crippen LogP contribution in [0, 0.1) is 0 Å². The van der Waals surface area contributed by atoms with Gasteiger partial charge in [0.1, 0.15) is 5.75 Å². The quantitative estimate of drug-likeness (QED) is 0.603. The standard InChI is InChI=1S/C20H31NO.ClH/c1-5-9-17-18(21(14-6-2)15-7-3)13-12-16-10-8-11-19(22-4)20(16)17;/h5,8,10-11,17-18H,1,6-7,9,12-15H2,2-4H3;1H/t17-,18-;/m0./s1. The number of fused-ring (bicyclic) bond motifs is 1. The number of ether oxygens (including phenoxy) is 1. The maximum absolute atomic E-state index is 5.68. The number of nitrogens with zero attached hydrogens (tertiary/aromatic N) is 1. The Bertz CT molecular complexity index is 468. The fourth-order valence-corrected chi connectivity index (χ4v) is 4.01. The Hall–Kier alpha value is -0.990. The number of methoxy groups -OCH3 is 1. The van der Waals surface area contributed by atoms with Crippen molar-refractivity contribution in [1.82, 2.24) is 4.90 Å². The second kappa shape index (κ2) is 10.00. The Morgan fingerprint density at radius 3 is 2.52 bits per heavy atom. The van der Waals surface area contributed by atoms with Crippen LogP contribution in [0.1, 0.15) is 56.6 Å². The van der Waals surface area contributed by atoms with Gasteiger partial charge in [-0.1, -0.05) is 32.1 Å². The van der Waals surface area contributed by atoms with Crippen molar-refractivity contribution in [2.75, 3.05) is 20.2 Å². The lowest BCUT2D eigenvalue weighted by Gasteiger charge is -2.41. The summed E-state index contributed by atoms with van der Waals surface area (Å²) >= 11 is 0. The predicted octanol–water partition coefficient (Wildman–Crippen LogP) is 5.21. The Labute approximate surface area is 148 Å². The molecule has 0 N–H and O–H groups in total. The van der Waals surface area contributed by atoms with Crippen LogP contribution in [0.4, 0.5) is 0 Å². The van der Waals surface area contributed by atoms with Crippen molar-refractivity contribution >= 4 is 12.4 Å². The van der Waals surface area contributed by atoms with E-state index in [1.54, 1.807) is 7.11 Å². The first-order valence-corrected chi connectivity index (χ1v) is 8.77. The van der Waals surface area contributed by atoms with E-state index in [4.69, 9.17) is 4.74 Å². The van der Waals surface area contributed by atoms with Crippen LogP contribution in [0.3, 0.4) is 0 Å². The fourth-order valence-electron chi connectivity index (χ4n) is 4.01. The molecular weight excluding hydrogens is 306 g/mol. The van der Waals surface area contributed by atoms with Gasteiger partial charge in [-0.25, -0.2) is 0 Å². The molecule has 0 bridgehead atoms. The molecule has 3 heteroatoms. The molecular formula is C20H32ClNO. The van der Waals surface area contributed by atoms with Gasteiger partial charge in [0.15, 0.2) is 0 Å². The average molecular weight is 338 g/mol. The van der Waals surface area contributed by atoms with Gasteiger partial charge < -0.3 is 4.74 Å². The first-order chi connectivity index (χ1) is 10.8. The number of benzene rings is 1. The van der Waals surface area contributed by atoms with E-state index in [9.17, 15) is 0 Å². The van der Waals surface area contributed by atoms with E-state index in [0.29, 0.717) is 12.0 Å². The normalized spacial score (nSPS) is 19.8. The van der Waals surface area contributed by atoms with Crippen LogP contribution in [0.5, 0.6) is 5.75 Å². The van der Waals surface area contributed by atoms with Gasteiger partial charge in [0.25, 0.3) is 0 Å². The molecule has 0 saturated heterocycles. The SMILES string of the molecule is C=CC[C@@H]1c2c(cccc2OC)CC[C@@H]1N(CCC)CCC.Cl. The summed E-state index contributed by atoms with van der Waals surface area (Å²) in [4.78, 5) is 2.70. The predicted molar refractivity (Wildman–Crippen MR) is 102 cm³/mol. The van der Waals surface area contributed by atoms with Crippen LogP contribution in [0.2, 0.25) is 0 Å². The van der Waals surface area contributed by atoms with Crippen LogP contribution in [0.15, 0.2) is 30.9 Å². The molecule has 1 aromatic rings. The lowest BCUT2D eigenvalue weighted by Crippen LogP contribution is -2.43. The Kier molecular flexibility index (Phi) is 8.72. The van der Waals surface area contributed by atoms with E-state index in [1.807, 2.05) is 0 Å². The lowest BCUT2D eigenvalue weighted by molar-refractivity contribution is 0.152. The smallest absolute Gasteiger partial charge is 0.122 e. The van der Waals surface area contributed by atoms with E-state index in [0.717, 1.165) is 18.6 Å². The van der Waals surface area contributed by atoms with Crippen molar-refractivity contribution in [3.63, 3.8) is 0 Å². The molecule has 0 aromatic heterocycles. The topological polar surface area (TPSA) is 12.5 Å². The van der Waals surface area contributed by atoms with E-state index in [1.165, 1.54) is 43.5 Å². The maximum atomic E-state index is 5.68. The molecule has 0 aliphatic heterocycles. The molecule has 23 heavy (non-hydrogen) atoms. The summed E-state index contributed by atoms with van der Waals surface area (Å²) in [7, 11) is 1.79. The molecule has 1 aliphatic carbocycles. The molecule has 2 rings (SSSR count). The van der Waals surface area contributed by atoms with Crippen molar-refractivity contribution in [3.8, 4) is 5.75 Å². The first-order valence-electron chi connectivity index (χ1n) is 8.77. The molecule has 1 aliphatic rings. The molecule has 130 valence electrons. The Balaban J connectivity index is 0.00000264. The maximum Gasteiger partial charge on any atom is 0.122 e. The number of rotatable bonds is 8. The summed E-state index contributed by atoms with van der Waals surface area (Å²) in [6.45, 7) is 11.0. The first kappa shape index (κ1) is 20.1. The number of allylic oxidation sites excluding steroid dienone is 1. The number of halogens is 1. The Morgan fingerprint density at radius 2 is 1.96 bits per heavy atom. The van der Waals surface area contributed by atoms with Crippen LogP contribution in [-0.2, 0) is 6.42 Å². The number of hydrogen-bond acceptors (Lipinski definition) is 2. The molecule has 0 fully saturated rings. The zero-order chi connectivity index (χ0) is 15.9. The van der Waals surface area contributed by atoms with Crippen LogP contribution >= 0.6 is 12.4 Å². The summed E-state index contributed by atoms with van der Waals surface area (Å²) in [6, 6.07) is 7.12. The van der Waals surface area contributed by atoms with Gasteiger partial charge in [0.2, 0.25) is 0 Å². The minimum Gasteiger partial charge on any atom is -0.496 e. The zero-order valence-corrected chi connectivity index (χ0v) is 15.7. The summed E-state index contributed by atoms with van der Waals surface area (Å²) in [5.74, 6) is 1.57. The van der Waals surface area contributed by atoms with Crippen LogP contribution in [-0.4, -0.2) is 31.1 Å². The van der Waals surface area contributed by atoms with Gasteiger partial charge in [-0.2, -0.15) is 0 Å². The third-order valence-electron chi connectivity index (χ3n) is 4.83. The van der Waals surface area contributed by atoms with Crippen molar-refractivity contribution in [3.05, 3.63) is 42.0 Å². The van der Waals surface area contributed by atoms with Crippen molar-refractivity contribution < 1.29 is 4.74 Å². The molecule has 2 nitrogen and oxygen atoms in total. The van der Waals surface area contributed by atoms with E-state index < -0.39 is 0 Å². The van der Waals surface area contributed by atoms with Gasteiger partial charge in [-0.15, -0.1) is 19.0 Å². The van der Waals surface area contributed by atoms with Crippen molar-refractivity contribution in [1.29, 1.82) is 0 Å². The van der Waals surface area contributed by atoms with E-state index in [2.05, 4.69) is 49.6 Å². The second-order valence-corrected chi connectivity index (χ2v) is 6.31. The highest BCUT2D eigenvalue weighted by atomic mass is 35.5. The second-order valence-electron chi connectivity index (χ2n) is 6.31. The highest BCUT2D eigenvalue weighted by molar-refractivity contribution is 5.85. The van der Waals surface area contributed by atoms with Crippen LogP contribution < -0.4 is 4.74 Å². The molecule has 2 atom stereocenters. The summed E-state index contributed by atoms with van der Waals surface area (Å²) in [5.41, 5.74) is 2.90. The number of hydrogen-bond donors (Lipinski definition) is 0. The summed E-state index contributed by atoms with van der Waals surface area (Å²) in [5, 5.41) is 0.